The summed E-state index contributed by atoms with van der Waals surface area (Å²) in [5.41, 5.74) is 1.79. The van der Waals surface area contributed by atoms with E-state index >= 15 is 0 Å². The van der Waals surface area contributed by atoms with Crippen molar-refractivity contribution in [2.45, 2.75) is 19.0 Å². The lowest BCUT2D eigenvalue weighted by molar-refractivity contribution is -0.118. The van der Waals surface area contributed by atoms with Crippen molar-refractivity contribution in [2.24, 2.45) is 0 Å². The quantitative estimate of drug-likeness (QED) is 0.742. The number of halogens is 1. The average Bonchev–Trinajstić information content (AvgIpc) is 3.20. The van der Waals surface area contributed by atoms with Gasteiger partial charge in [0.25, 0.3) is 5.56 Å². The summed E-state index contributed by atoms with van der Waals surface area (Å²) in [6.45, 7) is 0.987. The number of nitrogens with one attached hydrogen (secondary N) is 2. The minimum atomic E-state index is -0.301. The molecule has 1 aliphatic heterocycles. The summed E-state index contributed by atoms with van der Waals surface area (Å²) in [4.78, 5) is 30.7. The molecule has 1 unspecified atom stereocenters. The van der Waals surface area contributed by atoms with Crippen molar-refractivity contribution in [3.8, 4) is 0 Å². The average molecular weight is 358 g/mol. The van der Waals surface area contributed by atoms with E-state index in [0.717, 1.165) is 5.69 Å². The molecule has 0 saturated carbocycles. The molecule has 1 saturated heterocycles. The molecule has 8 heteroatoms. The van der Waals surface area contributed by atoms with Gasteiger partial charge in [-0.2, -0.15) is 0 Å². The minimum Gasteiger partial charge on any atom is -0.311 e. The Morgan fingerprint density at radius 3 is 3.00 bits per heavy atom. The lowest BCUT2D eigenvalue weighted by Gasteiger charge is -2.17. The van der Waals surface area contributed by atoms with Gasteiger partial charge in [-0.05, 0) is 24.6 Å². The molecule has 0 radical (unpaired) electrons. The van der Waals surface area contributed by atoms with Crippen molar-refractivity contribution >= 4 is 28.8 Å². The molecule has 128 valence electrons. The molecule has 1 amide bonds. The predicted octanol–water partition coefficient (Wildman–Crippen LogP) is 1.57. The van der Waals surface area contributed by atoms with E-state index in [1.165, 1.54) is 10.6 Å². The first-order valence-electron chi connectivity index (χ1n) is 7.98. The lowest BCUT2D eigenvalue weighted by Crippen LogP contribution is -2.38. The van der Waals surface area contributed by atoms with E-state index in [1.807, 2.05) is 12.1 Å². The fourth-order valence-corrected chi connectivity index (χ4v) is 3.25. The van der Waals surface area contributed by atoms with Gasteiger partial charge in [0.15, 0.2) is 5.65 Å². The standard InChI is InChI=1S/C17H16ClN5O2/c18-11-2-1-3-13(8-11)22-7-5-14(17(22)25)19-10-12-9-16(24)23-15(21-12)4-6-20-23/h1-4,6,8-9,14,19-20H,5,7,10H2. The SMILES string of the molecule is O=C1C(NCc2cc(=O)n3[nH]ccc3n2)CCN1c1cccc(Cl)c1. The van der Waals surface area contributed by atoms with E-state index in [1.54, 1.807) is 29.3 Å². The number of aromatic amines is 1. The second kappa shape index (κ2) is 6.34. The zero-order chi connectivity index (χ0) is 17.4. The van der Waals surface area contributed by atoms with E-state index in [4.69, 9.17) is 11.6 Å². The first-order valence-corrected chi connectivity index (χ1v) is 8.36. The van der Waals surface area contributed by atoms with E-state index in [2.05, 4.69) is 15.4 Å². The summed E-state index contributed by atoms with van der Waals surface area (Å²) in [5.74, 6) is 0.00158. The van der Waals surface area contributed by atoms with Crippen LogP contribution in [0.25, 0.3) is 5.65 Å². The Morgan fingerprint density at radius 2 is 2.16 bits per heavy atom. The maximum Gasteiger partial charge on any atom is 0.272 e. The number of fused-ring (bicyclic) bond motifs is 1. The fourth-order valence-electron chi connectivity index (χ4n) is 3.07. The molecule has 0 bridgehead atoms. The first-order chi connectivity index (χ1) is 12.1. The lowest BCUT2D eigenvalue weighted by atomic mass is 10.2. The molecule has 1 atom stereocenters. The van der Waals surface area contributed by atoms with E-state index in [-0.39, 0.29) is 17.5 Å². The number of hydrogen-bond acceptors (Lipinski definition) is 4. The molecule has 1 aromatic carbocycles. The zero-order valence-electron chi connectivity index (χ0n) is 13.3. The Balaban J connectivity index is 1.46. The second-order valence-electron chi connectivity index (χ2n) is 5.93. The van der Waals surface area contributed by atoms with Crippen LogP contribution < -0.4 is 15.8 Å². The second-order valence-corrected chi connectivity index (χ2v) is 6.37. The fraction of sp³-hybridized carbons (Fsp3) is 0.235. The first kappa shape index (κ1) is 15.9. The third-order valence-electron chi connectivity index (χ3n) is 4.29. The number of benzene rings is 1. The van der Waals surface area contributed by atoms with Gasteiger partial charge in [-0.25, -0.2) is 9.50 Å². The van der Waals surface area contributed by atoms with Gasteiger partial charge in [-0.1, -0.05) is 17.7 Å². The molecule has 2 N–H and O–H groups in total. The number of aromatic nitrogens is 3. The van der Waals surface area contributed by atoms with Crippen LogP contribution in [-0.4, -0.2) is 33.1 Å². The summed E-state index contributed by atoms with van der Waals surface area (Å²) in [6.07, 6.45) is 2.35. The molecule has 25 heavy (non-hydrogen) atoms. The van der Waals surface area contributed by atoms with Gasteiger partial charge < -0.3 is 10.2 Å². The van der Waals surface area contributed by atoms with Crippen LogP contribution in [0.4, 0.5) is 5.69 Å². The highest BCUT2D eigenvalue weighted by Crippen LogP contribution is 2.24. The van der Waals surface area contributed by atoms with Crippen molar-refractivity contribution in [1.29, 1.82) is 0 Å². The number of hydrogen-bond donors (Lipinski definition) is 2. The predicted molar refractivity (Wildman–Crippen MR) is 94.9 cm³/mol. The molecule has 3 heterocycles. The topological polar surface area (TPSA) is 82.5 Å². The Morgan fingerprint density at radius 1 is 1.28 bits per heavy atom. The Hall–Kier alpha value is -2.64. The molecule has 1 fully saturated rings. The molecular weight excluding hydrogens is 342 g/mol. The number of carbonyl (C=O) groups excluding carboxylic acids is 1. The van der Waals surface area contributed by atoms with Crippen LogP contribution >= 0.6 is 11.6 Å². The van der Waals surface area contributed by atoms with Crippen molar-refractivity contribution in [1.82, 2.24) is 19.9 Å². The van der Waals surface area contributed by atoms with Crippen molar-refractivity contribution in [3.05, 3.63) is 63.7 Å². The van der Waals surface area contributed by atoms with Gasteiger partial charge in [0.1, 0.15) is 0 Å². The number of nitrogens with zero attached hydrogens (tertiary/aromatic N) is 3. The maximum absolute atomic E-state index is 12.6. The largest absolute Gasteiger partial charge is 0.311 e. The van der Waals surface area contributed by atoms with Crippen LogP contribution in [0.2, 0.25) is 5.02 Å². The Kier molecular flexibility index (Phi) is 4.03. The molecular formula is C17H16ClN5O2. The smallest absolute Gasteiger partial charge is 0.272 e. The van der Waals surface area contributed by atoms with Crippen LogP contribution in [0.1, 0.15) is 12.1 Å². The van der Waals surface area contributed by atoms with Crippen molar-refractivity contribution in [2.75, 3.05) is 11.4 Å². The summed E-state index contributed by atoms with van der Waals surface area (Å²) in [6, 6.07) is 10.2. The molecule has 7 nitrogen and oxygen atoms in total. The monoisotopic (exact) mass is 357 g/mol. The summed E-state index contributed by atoms with van der Waals surface area (Å²) in [5, 5.41) is 6.60. The van der Waals surface area contributed by atoms with Gasteiger partial charge >= 0.3 is 0 Å². The highest BCUT2D eigenvalue weighted by Gasteiger charge is 2.32. The number of amides is 1. The normalized spacial score (nSPS) is 17.6. The maximum atomic E-state index is 12.6. The Labute approximate surface area is 148 Å². The van der Waals surface area contributed by atoms with Crippen LogP contribution in [0, 0.1) is 0 Å². The van der Waals surface area contributed by atoms with Crippen LogP contribution in [0.15, 0.2) is 47.4 Å². The van der Waals surface area contributed by atoms with E-state index < -0.39 is 0 Å². The number of carbonyl (C=O) groups is 1. The van der Waals surface area contributed by atoms with Gasteiger partial charge in [0.2, 0.25) is 5.91 Å². The molecule has 3 aromatic rings. The number of H-pyrrole nitrogens is 1. The number of anilines is 1. The number of rotatable bonds is 4. The van der Waals surface area contributed by atoms with Crippen LogP contribution in [0.3, 0.4) is 0 Å². The third-order valence-corrected chi connectivity index (χ3v) is 4.52. The highest BCUT2D eigenvalue weighted by molar-refractivity contribution is 6.30. The van der Waals surface area contributed by atoms with Crippen molar-refractivity contribution in [3.63, 3.8) is 0 Å². The van der Waals surface area contributed by atoms with Gasteiger partial charge in [0.05, 0.1) is 11.7 Å². The van der Waals surface area contributed by atoms with Gasteiger partial charge in [-0.15, -0.1) is 0 Å². The highest BCUT2D eigenvalue weighted by atomic mass is 35.5. The zero-order valence-corrected chi connectivity index (χ0v) is 14.0. The molecule has 2 aromatic heterocycles. The van der Waals surface area contributed by atoms with Crippen LogP contribution in [0.5, 0.6) is 0 Å². The van der Waals surface area contributed by atoms with Crippen molar-refractivity contribution < 1.29 is 4.79 Å². The minimum absolute atomic E-state index is 0.00158. The molecule has 4 rings (SSSR count). The third kappa shape index (κ3) is 3.04. The molecule has 0 spiro atoms. The van der Waals surface area contributed by atoms with Gasteiger partial charge in [0, 0.05) is 42.1 Å². The van der Waals surface area contributed by atoms with E-state index in [0.29, 0.717) is 35.9 Å². The van der Waals surface area contributed by atoms with Gasteiger partial charge in [-0.3, -0.25) is 14.7 Å². The van der Waals surface area contributed by atoms with Crippen LogP contribution in [-0.2, 0) is 11.3 Å². The summed E-state index contributed by atoms with van der Waals surface area (Å²) < 4.78 is 1.37. The summed E-state index contributed by atoms with van der Waals surface area (Å²) >= 11 is 6.01. The Bertz CT molecular complexity index is 996. The summed E-state index contributed by atoms with van der Waals surface area (Å²) in [7, 11) is 0. The van der Waals surface area contributed by atoms with E-state index in [9.17, 15) is 9.59 Å². The molecule has 1 aliphatic rings. The molecule has 0 aliphatic carbocycles.